The second-order valence-electron chi connectivity index (χ2n) is 3.38. The summed E-state index contributed by atoms with van der Waals surface area (Å²) in [4.78, 5) is 24.1. The highest BCUT2D eigenvalue weighted by molar-refractivity contribution is 9.09. The molecule has 82 valence electrons. The van der Waals surface area contributed by atoms with Gasteiger partial charge in [-0.05, 0) is 12.8 Å². The van der Waals surface area contributed by atoms with Gasteiger partial charge in [-0.25, -0.2) is 0 Å². The molecule has 0 unspecified atom stereocenters. The number of nitrogens with zero attached hydrogens (tertiary/aromatic N) is 1. The van der Waals surface area contributed by atoms with E-state index in [9.17, 15) is 9.59 Å². The van der Waals surface area contributed by atoms with Crippen LogP contribution in [0.2, 0.25) is 0 Å². The molecule has 0 saturated carbocycles. The summed E-state index contributed by atoms with van der Waals surface area (Å²) in [6, 6.07) is 0. The van der Waals surface area contributed by atoms with Gasteiger partial charge in [0.15, 0.2) is 0 Å². The molecule has 0 N–H and O–H groups in total. The number of piperidine rings is 1. The maximum Gasteiger partial charge on any atom is 0.219 e. The van der Waals surface area contributed by atoms with Crippen molar-refractivity contribution in [2.45, 2.75) is 19.8 Å². The standard InChI is InChI=1S/C9H14BrNO2.BrH/c1-7(12)11-4-2-8(3-5-11)9(13)6-10;/h8H,2-6H2,1H3;1H. The summed E-state index contributed by atoms with van der Waals surface area (Å²) in [5.41, 5.74) is 0. The fourth-order valence-electron chi connectivity index (χ4n) is 1.63. The van der Waals surface area contributed by atoms with Gasteiger partial charge in [-0.1, -0.05) is 15.9 Å². The SMILES string of the molecule is Br.CC(=O)N1CCC(C(=O)CBr)CC1. The molecule has 0 spiro atoms. The van der Waals surface area contributed by atoms with Crippen LogP contribution < -0.4 is 0 Å². The quantitative estimate of drug-likeness (QED) is 0.725. The highest BCUT2D eigenvalue weighted by Crippen LogP contribution is 2.18. The van der Waals surface area contributed by atoms with Gasteiger partial charge in [0.2, 0.25) is 5.91 Å². The molecule has 1 amide bonds. The molecule has 1 rings (SSSR count). The van der Waals surface area contributed by atoms with Crippen LogP contribution in [0.15, 0.2) is 0 Å². The van der Waals surface area contributed by atoms with Crippen LogP contribution in [0.5, 0.6) is 0 Å². The summed E-state index contributed by atoms with van der Waals surface area (Å²) in [5, 5.41) is 0.442. The first-order valence-electron chi connectivity index (χ1n) is 4.49. The van der Waals surface area contributed by atoms with E-state index in [0.29, 0.717) is 5.33 Å². The number of alkyl halides is 1. The minimum absolute atomic E-state index is 0. The van der Waals surface area contributed by atoms with Gasteiger partial charge in [-0.3, -0.25) is 9.59 Å². The Bertz CT molecular complexity index is 213. The van der Waals surface area contributed by atoms with E-state index in [2.05, 4.69) is 15.9 Å². The number of hydrogen-bond acceptors (Lipinski definition) is 2. The van der Waals surface area contributed by atoms with E-state index in [1.54, 1.807) is 11.8 Å². The summed E-state index contributed by atoms with van der Waals surface area (Å²) in [6.45, 7) is 3.05. The first kappa shape index (κ1) is 14.1. The molecule has 0 aromatic carbocycles. The fraction of sp³-hybridized carbons (Fsp3) is 0.778. The lowest BCUT2D eigenvalue weighted by Crippen LogP contribution is -2.39. The second-order valence-corrected chi connectivity index (χ2v) is 3.94. The van der Waals surface area contributed by atoms with Crippen LogP contribution in [-0.2, 0) is 9.59 Å². The van der Waals surface area contributed by atoms with E-state index in [1.807, 2.05) is 0 Å². The van der Waals surface area contributed by atoms with Crippen LogP contribution in [0, 0.1) is 5.92 Å². The number of ketones is 1. The average Bonchev–Trinajstić information content (AvgIpc) is 2.17. The number of likely N-dealkylation sites (tertiary alicyclic amines) is 1. The van der Waals surface area contributed by atoms with E-state index in [-0.39, 0.29) is 34.6 Å². The van der Waals surface area contributed by atoms with Crippen LogP contribution in [0.1, 0.15) is 19.8 Å². The van der Waals surface area contributed by atoms with E-state index in [0.717, 1.165) is 25.9 Å². The van der Waals surface area contributed by atoms with Crippen molar-refractivity contribution in [2.75, 3.05) is 18.4 Å². The maximum absolute atomic E-state index is 11.3. The summed E-state index contributed by atoms with van der Waals surface area (Å²) >= 11 is 3.16. The number of amides is 1. The Morgan fingerprint density at radius 1 is 1.36 bits per heavy atom. The number of hydrogen-bond donors (Lipinski definition) is 0. The van der Waals surface area contributed by atoms with E-state index < -0.39 is 0 Å². The minimum atomic E-state index is 0. The third kappa shape index (κ3) is 3.69. The first-order valence-corrected chi connectivity index (χ1v) is 5.61. The van der Waals surface area contributed by atoms with Gasteiger partial charge in [0.05, 0.1) is 5.33 Å². The molecule has 3 nitrogen and oxygen atoms in total. The Balaban J connectivity index is 0.00000169. The third-order valence-electron chi connectivity index (χ3n) is 2.53. The summed E-state index contributed by atoms with van der Waals surface area (Å²) in [5.74, 6) is 0.544. The van der Waals surface area contributed by atoms with Crippen molar-refractivity contribution in [1.82, 2.24) is 4.90 Å². The van der Waals surface area contributed by atoms with Gasteiger partial charge in [0.25, 0.3) is 0 Å². The van der Waals surface area contributed by atoms with Crippen molar-refractivity contribution in [1.29, 1.82) is 0 Å². The Kier molecular flexibility index (Phi) is 6.61. The van der Waals surface area contributed by atoms with Crippen LogP contribution in [0.4, 0.5) is 0 Å². The van der Waals surface area contributed by atoms with Crippen LogP contribution >= 0.6 is 32.9 Å². The molecule has 0 aliphatic carbocycles. The monoisotopic (exact) mass is 327 g/mol. The lowest BCUT2D eigenvalue weighted by molar-refractivity contribution is -0.132. The van der Waals surface area contributed by atoms with Crippen molar-refractivity contribution in [2.24, 2.45) is 5.92 Å². The van der Waals surface area contributed by atoms with Gasteiger partial charge in [-0.2, -0.15) is 0 Å². The summed E-state index contributed by atoms with van der Waals surface area (Å²) in [7, 11) is 0. The minimum Gasteiger partial charge on any atom is -0.343 e. The molecule has 5 heteroatoms. The van der Waals surface area contributed by atoms with Crippen LogP contribution in [0.3, 0.4) is 0 Å². The lowest BCUT2D eigenvalue weighted by atomic mass is 9.93. The normalized spacial score (nSPS) is 17.4. The smallest absolute Gasteiger partial charge is 0.219 e. The van der Waals surface area contributed by atoms with Crippen LogP contribution in [0.25, 0.3) is 0 Å². The van der Waals surface area contributed by atoms with E-state index >= 15 is 0 Å². The molecular weight excluding hydrogens is 314 g/mol. The first-order chi connectivity index (χ1) is 6.15. The predicted molar refractivity (Wildman–Crippen MR) is 64.1 cm³/mol. The molecule has 0 aromatic rings. The van der Waals surface area contributed by atoms with Crippen LogP contribution in [-0.4, -0.2) is 35.0 Å². The highest BCUT2D eigenvalue weighted by Gasteiger charge is 2.24. The molecule has 1 fully saturated rings. The summed E-state index contributed by atoms with van der Waals surface area (Å²) < 4.78 is 0. The molecular formula is C9H15Br2NO2. The van der Waals surface area contributed by atoms with E-state index in [1.165, 1.54) is 0 Å². The molecule has 1 saturated heterocycles. The molecule has 1 aliphatic heterocycles. The zero-order chi connectivity index (χ0) is 9.84. The number of rotatable bonds is 2. The Labute approximate surface area is 103 Å². The zero-order valence-corrected chi connectivity index (χ0v) is 11.5. The molecule has 14 heavy (non-hydrogen) atoms. The topological polar surface area (TPSA) is 37.4 Å². The molecule has 0 aromatic heterocycles. The summed E-state index contributed by atoms with van der Waals surface area (Å²) in [6.07, 6.45) is 1.65. The number of halogens is 2. The molecule has 0 radical (unpaired) electrons. The van der Waals surface area contributed by atoms with E-state index in [4.69, 9.17) is 0 Å². The maximum atomic E-state index is 11.3. The number of carbonyl (C=O) groups is 2. The Morgan fingerprint density at radius 2 is 1.86 bits per heavy atom. The van der Waals surface area contributed by atoms with Gasteiger partial charge in [0.1, 0.15) is 5.78 Å². The van der Waals surface area contributed by atoms with Gasteiger partial charge in [-0.15, -0.1) is 17.0 Å². The molecule has 1 heterocycles. The average molecular weight is 329 g/mol. The highest BCUT2D eigenvalue weighted by atomic mass is 79.9. The third-order valence-corrected chi connectivity index (χ3v) is 3.08. The second kappa shape index (κ2) is 6.56. The van der Waals surface area contributed by atoms with Crippen molar-refractivity contribution < 1.29 is 9.59 Å². The number of Topliss-reactive ketones (excluding diaryl/α,β-unsaturated/α-hetero) is 1. The fourth-order valence-corrected chi connectivity index (χ4v) is 2.08. The lowest BCUT2D eigenvalue weighted by Gasteiger charge is -2.30. The Morgan fingerprint density at radius 3 is 2.21 bits per heavy atom. The largest absolute Gasteiger partial charge is 0.343 e. The number of carbonyl (C=O) groups excluding carboxylic acids is 2. The molecule has 1 aliphatic rings. The van der Waals surface area contributed by atoms with Crippen molar-refractivity contribution in [3.05, 3.63) is 0 Å². The van der Waals surface area contributed by atoms with Crippen molar-refractivity contribution in [3.8, 4) is 0 Å². The van der Waals surface area contributed by atoms with Gasteiger partial charge < -0.3 is 4.90 Å². The molecule has 0 atom stereocenters. The van der Waals surface area contributed by atoms with Crippen molar-refractivity contribution in [3.63, 3.8) is 0 Å². The zero-order valence-electron chi connectivity index (χ0n) is 8.16. The Hall–Kier alpha value is 0.1000. The predicted octanol–water partition coefficient (Wildman–Crippen LogP) is 1.79. The van der Waals surface area contributed by atoms with Crippen molar-refractivity contribution >= 4 is 44.6 Å². The van der Waals surface area contributed by atoms with Gasteiger partial charge >= 0.3 is 0 Å². The molecule has 0 bridgehead atoms. The van der Waals surface area contributed by atoms with Gasteiger partial charge in [0, 0.05) is 25.9 Å².